The van der Waals surface area contributed by atoms with Crippen molar-refractivity contribution in [2.75, 3.05) is 0 Å². The van der Waals surface area contributed by atoms with Crippen LogP contribution in [0.15, 0.2) is 64.4 Å². The van der Waals surface area contributed by atoms with Crippen LogP contribution in [0.4, 0.5) is 0 Å². The maximum Gasteiger partial charge on any atom is 0.276 e. The number of benzene rings is 1. The number of nitrogens with zero attached hydrogens (tertiary/aromatic N) is 2. The fraction of sp³-hybridized carbons (Fsp3) is 0.111. The van der Waals surface area contributed by atoms with E-state index in [1.54, 1.807) is 39.8 Å². The van der Waals surface area contributed by atoms with Crippen LogP contribution >= 0.6 is 34.3 Å². The number of hydrogen-bond acceptors (Lipinski definition) is 4. The van der Waals surface area contributed by atoms with Crippen LogP contribution in [-0.2, 0) is 0 Å². The fourth-order valence-electron chi connectivity index (χ4n) is 2.75. The van der Waals surface area contributed by atoms with Crippen molar-refractivity contribution < 1.29 is 4.79 Å². The Bertz CT molecular complexity index is 888. The van der Waals surface area contributed by atoms with Gasteiger partial charge in [-0.05, 0) is 35.0 Å². The lowest BCUT2D eigenvalue weighted by Crippen LogP contribution is -2.26. The molecule has 0 bridgehead atoms. The molecule has 0 N–H and O–H groups in total. The topological polar surface area (TPSA) is 32.7 Å². The molecule has 0 aliphatic carbocycles. The second-order valence-corrected chi connectivity index (χ2v) is 7.72. The predicted molar refractivity (Wildman–Crippen MR) is 100 cm³/mol. The number of hydrogen-bond donors (Lipinski definition) is 0. The van der Waals surface area contributed by atoms with Gasteiger partial charge in [-0.15, -0.1) is 22.7 Å². The molecular weight excluding hydrogens is 360 g/mol. The number of carbonyl (C=O) groups is 1. The number of rotatable bonds is 3. The Kier molecular flexibility index (Phi) is 4.22. The van der Waals surface area contributed by atoms with E-state index in [0.29, 0.717) is 10.6 Å². The molecule has 2 aromatic heterocycles. The van der Waals surface area contributed by atoms with E-state index in [2.05, 4.69) is 11.2 Å². The van der Waals surface area contributed by atoms with Gasteiger partial charge in [-0.3, -0.25) is 4.79 Å². The third-order valence-corrected chi connectivity index (χ3v) is 6.12. The predicted octanol–water partition coefficient (Wildman–Crippen LogP) is 5.45. The molecule has 3 nitrogen and oxygen atoms in total. The molecule has 1 unspecified atom stereocenters. The molecule has 1 aliphatic rings. The fourth-order valence-corrected chi connectivity index (χ4v) is 4.50. The first-order valence-electron chi connectivity index (χ1n) is 7.47. The molecule has 1 atom stereocenters. The molecule has 1 amide bonds. The Morgan fingerprint density at radius 3 is 2.58 bits per heavy atom. The van der Waals surface area contributed by atoms with E-state index in [1.165, 1.54) is 0 Å². The summed E-state index contributed by atoms with van der Waals surface area (Å²) in [5, 5.41) is 10.7. The van der Waals surface area contributed by atoms with Crippen molar-refractivity contribution >= 4 is 45.9 Å². The molecule has 0 saturated heterocycles. The van der Waals surface area contributed by atoms with E-state index >= 15 is 0 Å². The first-order chi connectivity index (χ1) is 11.7. The van der Waals surface area contributed by atoms with Gasteiger partial charge < -0.3 is 0 Å². The van der Waals surface area contributed by atoms with Crippen molar-refractivity contribution in [1.82, 2.24) is 5.01 Å². The number of amides is 1. The quantitative estimate of drug-likeness (QED) is 0.601. The molecule has 0 radical (unpaired) electrons. The van der Waals surface area contributed by atoms with Gasteiger partial charge in [-0.1, -0.05) is 35.9 Å². The van der Waals surface area contributed by atoms with E-state index in [-0.39, 0.29) is 11.9 Å². The zero-order valence-corrected chi connectivity index (χ0v) is 14.9. The summed E-state index contributed by atoms with van der Waals surface area (Å²) >= 11 is 9.50. The standard InChI is InChI=1S/C18H13ClN2OS2/c19-13-6-2-1-5-12(13)18(22)21-15(17-8-4-10-24-17)11-14(20-21)16-7-3-9-23-16/h1-10,15H,11H2. The summed E-state index contributed by atoms with van der Waals surface area (Å²) in [4.78, 5) is 15.3. The molecular formula is C18H13ClN2OS2. The minimum Gasteiger partial charge on any atom is -0.267 e. The summed E-state index contributed by atoms with van der Waals surface area (Å²) in [6.45, 7) is 0. The lowest BCUT2D eigenvalue weighted by molar-refractivity contribution is 0.0714. The molecule has 4 rings (SSSR count). The second kappa shape index (κ2) is 6.51. The van der Waals surface area contributed by atoms with Crippen molar-refractivity contribution in [3.63, 3.8) is 0 Å². The van der Waals surface area contributed by atoms with Crippen LogP contribution in [0, 0.1) is 0 Å². The van der Waals surface area contributed by atoms with Gasteiger partial charge in [0, 0.05) is 11.3 Å². The van der Waals surface area contributed by atoms with Gasteiger partial charge in [-0.25, -0.2) is 5.01 Å². The summed E-state index contributed by atoms with van der Waals surface area (Å²) in [5.41, 5.74) is 1.43. The van der Waals surface area contributed by atoms with Crippen molar-refractivity contribution in [2.24, 2.45) is 5.10 Å². The first-order valence-corrected chi connectivity index (χ1v) is 9.60. The van der Waals surface area contributed by atoms with Gasteiger partial charge >= 0.3 is 0 Å². The van der Waals surface area contributed by atoms with Crippen LogP contribution in [0.25, 0.3) is 0 Å². The third kappa shape index (κ3) is 2.79. The molecule has 0 saturated carbocycles. The number of hydrazone groups is 1. The van der Waals surface area contributed by atoms with E-state index in [0.717, 1.165) is 21.9 Å². The van der Waals surface area contributed by atoms with E-state index in [9.17, 15) is 4.79 Å². The van der Waals surface area contributed by atoms with Crippen LogP contribution in [-0.4, -0.2) is 16.6 Å². The highest BCUT2D eigenvalue weighted by Gasteiger charge is 2.35. The molecule has 120 valence electrons. The smallest absolute Gasteiger partial charge is 0.267 e. The highest BCUT2D eigenvalue weighted by molar-refractivity contribution is 7.12. The van der Waals surface area contributed by atoms with Crippen LogP contribution in [0.5, 0.6) is 0 Å². The largest absolute Gasteiger partial charge is 0.276 e. The first kappa shape index (κ1) is 15.6. The van der Waals surface area contributed by atoms with Crippen LogP contribution < -0.4 is 0 Å². The van der Waals surface area contributed by atoms with E-state index in [4.69, 9.17) is 11.6 Å². The average Bonchev–Trinajstić information content (AvgIpc) is 3.33. The van der Waals surface area contributed by atoms with Gasteiger partial charge in [0.1, 0.15) is 0 Å². The molecule has 24 heavy (non-hydrogen) atoms. The Hall–Kier alpha value is -1.95. The lowest BCUT2D eigenvalue weighted by atomic mass is 10.1. The Morgan fingerprint density at radius 1 is 1.08 bits per heavy atom. The van der Waals surface area contributed by atoms with Crippen molar-refractivity contribution in [2.45, 2.75) is 12.5 Å². The summed E-state index contributed by atoms with van der Waals surface area (Å²) < 4.78 is 0. The summed E-state index contributed by atoms with van der Waals surface area (Å²) in [6, 6.07) is 15.1. The number of halogens is 1. The van der Waals surface area contributed by atoms with Crippen LogP contribution in [0.1, 0.15) is 32.6 Å². The van der Waals surface area contributed by atoms with Gasteiger partial charge in [0.2, 0.25) is 0 Å². The Morgan fingerprint density at radius 2 is 1.88 bits per heavy atom. The zero-order chi connectivity index (χ0) is 16.5. The second-order valence-electron chi connectivity index (χ2n) is 5.39. The van der Waals surface area contributed by atoms with Crippen molar-refractivity contribution in [3.05, 3.63) is 79.6 Å². The molecule has 3 aromatic rings. The van der Waals surface area contributed by atoms with Crippen LogP contribution in [0.3, 0.4) is 0 Å². The molecule has 1 aliphatic heterocycles. The average molecular weight is 373 g/mol. The molecule has 1 aromatic carbocycles. The SMILES string of the molecule is O=C(c1ccccc1Cl)N1N=C(c2cccs2)CC1c1cccs1. The summed E-state index contributed by atoms with van der Waals surface area (Å²) in [5.74, 6) is -0.162. The number of thiophene rings is 2. The molecule has 3 heterocycles. The third-order valence-electron chi connectivity index (χ3n) is 3.90. The van der Waals surface area contributed by atoms with E-state index in [1.807, 2.05) is 41.1 Å². The Labute approximate surface area is 152 Å². The minimum atomic E-state index is -0.162. The summed E-state index contributed by atoms with van der Waals surface area (Å²) in [7, 11) is 0. The monoisotopic (exact) mass is 372 g/mol. The molecule has 6 heteroatoms. The lowest BCUT2D eigenvalue weighted by Gasteiger charge is -2.21. The van der Waals surface area contributed by atoms with Crippen molar-refractivity contribution in [1.29, 1.82) is 0 Å². The van der Waals surface area contributed by atoms with Gasteiger partial charge in [0.05, 0.1) is 27.2 Å². The number of carbonyl (C=O) groups excluding carboxylic acids is 1. The highest BCUT2D eigenvalue weighted by atomic mass is 35.5. The van der Waals surface area contributed by atoms with Gasteiger partial charge in [0.15, 0.2) is 0 Å². The van der Waals surface area contributed by atoms with E-state index < -0.39 is 0 Å². The molecule has 0 fully saturated rings. The summed E-state index contributed by atoms with van der Waals surface area (Å²) in [6.07, 6.45) is 0.719. The minimum absolute atomic E-state index is 0.0779. The molecule has 0 spiro atoms. The maximum atomic E-state index is 13.0. The van der Waals surface area contributed by atoms with Gasteiger partial charge in [-0.2, -0.15) is 5.10 Å². The van der Waals surface area contributed by atoms with Crippen LogP contribution in [0.2, 0.25) is 5.02 Å². The Balaban J connectivity index is 1.74. The van der Waals surface area contributed by atoms with Crippen molar-refractivity contribution in [3.8, 4) is 0 Å². The normalized spacial score (nSPS) is 17.1. The highest BCUT2D eigenvalue weighted by Crippen LogP contribution is 2.37. The zero-order valence-electron chi connectivity index (χ0n) is 12.6. The van der Waals surface area contributed by atoms with Gasteiger partial charge in [0.25, 0.3) is 5.91 Å². The maximum absolute atomic E-state index is 13.0.